The average molecular weight is 288 g/mol. The Balaban J connectivity index is 2.98. The van der Waals surface area contributed by atoms with Crippen molar-refractivity contribution in [3.8, 4) is 0 Å². The quantitative estimate of drug-likeness (QED) is 0.866. The number of carbonyl (C=O) groups is 2. The number of nitrogens with one attached hydrogen (secondary N) is 1. The third kappa shape index (κ3) is 3.44. The molecule has 0 fully saturated rings. The fraction of sp³-hybridized carbons (Fsp3) is 0.385. The number of esters is 1. The number of ether oxygens (including phenoxy) is 1. The molecule has 1 amide bonds. The van der Waals surface area contributed by atoms with E-state index in [2.05, 4.69) is 10.1 Å². The van der Waals surface area contributed by atoms with Gasteiger partial charge in [0.15, 0.2) is 0 Å². The third-order valence-electron chi connectivity index (χ3n) is 2.91. The summed E-state index contributed by atoms with van der Waals surface area (Å²) in [5, 5.41) is 2.67. The molecule has 0 aromatic heterocycles. The lowest BCUT2D eigenvalue weighted by molar-refractivity contribution is -0.147. The minimum absolute atomic E-state index is 0.173. The van der Waals surface area contributed by atoms with Gasteiger partial charge < -0.3 is 10.1 Å². The zero-order valence-electron chi connectivity index (χ0n) is 10.9. The molecule has 1 rings (SSSR count). The lowest BCUT2D eigenvalue weighted by Gasteiger charge is -2.26. The fourth-order valence-corrected chi connectivity index (χ4v) is 1.66. The molecule has 1 aromatic rings. The van der Waals surface area contributed by atoms with Crippen LogP contribution in [-0.2, 0) is 9.53 Å². The predicted octanol–water partition coefficient (Wildman–Crippen LogP) is 2.55. The van der Waals surface area contributed by atoms with Crippen LogP contribution in [0, 0.1) is 5.82 Å². The van der Waals surface area contributed by atoms with E-state index in [0.29, 0.717) is 6.42 Å². The second-order valence-electron chi connectivity index (χ2n) is 4.26. The van der Waals surface area contributed by atoms with Gasteiger partial charge in [0.05, 0.1) is 12.7 Å². The Morgan fingerprint density at radius 1 is 1.47 bits per heavy atom. The number of methoxy groups -OCH3 is 1. The molecule has 0 heterocycles. The zero-order chi connectivity index (χ0) is 14.6. The van der Waals surface area contributed by atoms with Gasteiger partial charge >= 0.3 is 5.97 Å². The first-order valence-corrected chi connectivity index (χ1v) is 6.08. The average Bonchev–Trinajstić information content (AvgIpc) is 2.37. The van der Waals surface area contributed by atoms with Gasteiger partial charge in [0.1, 0.15) is 11.4 Å². The lowest BCUT2D eigenvalue weighted by Crippen LogP contribution is -2.52. The second-order valence-corrected chi connectivity index (χ2v) is 4.69. The number of halogens is 2. The van der Waals surface area contributed by atoms with Gasteiger partial charge in [-0.15, -0.1) is 0 Å². The maximum Gasteiger partial charge on any atom is 0.331 e. The summed E-state index contributed by atoms with van der Waals surface area (Å²) in [6, 6.07) is 3.71. The van der Waals surface area contributed by atoms with E-state index < -0.39 is 23.2 Å². The summed E-state index contributed by atoms with van der Waals surface area (Å²) in [6.45, 7) is 3.24. The van der Waals surface area contributed by atoms with Crippen LogP contribution >= 0.6 is 11.6 Å². The fourth-order valence-electron chi connectivity index (χ4n) is 1.50. The van der Waals surface area contributed by atoms with Crippen LogP contribution in [-0.4, -0.2) is 24.5 Å². The highest BCUT2D eigenvalue weighted by Crippen LogP contribution is 2.17. The van der Waals surface area contributed by atoms with Gasteiger partial charge in [-0.05, 0) is 31.5 Å². The molecule has 0 bridgehead atoms. The Kier molecular flexibility index (Phi) is 4.89. The van der Waals surface area contributed by atoms with E-state index in [1.165, 1.54) is 26.2 Å². The van der Waals surface area contributed by atoms with E-state index in [1.807, 2.05) is 0 Å². The molecule has 1 atom stereocenters. The van der Waals surface area contributed by atoms with Gasteiger partial charge in [0, 0.05) is 5.02 Å². The van der Waals surface area contributed by atoms with E-state index in [1.54, 1.807) is 6.92 Å². The van der Waals surface area contributed by atoms with Crippen molar-refractivity contribution < 1.29 is 18.7 Å². The molecule has 0 aliphatic heterocycles. The molecular weight excluding hydrogens is 273 g/mol. The molecule has 0 unspecified atom stereocenters. The van der Waals surface area contributed by atoms with E-state index in [9.17, 15) is 14.0 Å². The highest BCUT2D eigenvalue weighted by Gasteiger charge is 2.34. The minimum atomic E-state index is -1.20. The van der Waals surface area contributed by atoms with Crippen molar-refractivity contribution in [2.75, 3.05) is 7.11 Å². The van der Waals surface area contributed by atoms with Crippen molar-refractivity contribution in [2.24, 2.45) is 0 Å². The Labute approximate surface area is 115 Å². The summed E-state index contributed by atoms with van der Waals surface area (Å²) < 4.78 is 18.2. The van der Waals surface area contributed by atoms with Crippen molar-refractivity contribution in [3.63, 3.8) is 0 Å². The Morgan fingerprint density at radius 3 is 2.58 bits per heavy atom. The van der Waals surface area contributed by atoms with E-state index in [-0.39, 0.29) is 10.6 Å². The number of rotatable bonds is 4. The van der Waals surface area contributed by atoms with Gasteiger partial charge in [-0.25, -0.2) is 9.18 Å². The smallest absolute Gasteiger partial charge is 0.331 e. The number of amides is 1. The molecule has 104 valence electrons. The van der Waals surface area contributed by atoms with Gasteiger partial charge in [0.25, 0.3) is 5.91 Å². The number of benzene rings is 1. The lowest BCUT2D eigenvalue weighted by atomic mass is 9.98. The molecular formula is C13H15ClFNO3. The Hall–Kier alpha value is -1.62. The molecule has 0 aliphatic rings. The standard InChI is InChI=1S/C13H15ClFNO3/c1-4-13(2,12(18)19-3)16-11(17)9-6-5-8(14)7-10(9)15/h5-7H,4H2,1-3H3,(H,16,17)/t13-/m0/s1. The third-order valence-corrected chi connectivity index (χ3v) is 3.14. The first-order chi connectivity index (χ1) is 8.84. The second kappa shape index (κ2) is 6.02. The monoisotopic (exact) mass is 287 g/mol. The molecule has 1 N–H and O–H groups in total. The molecule has 0 saturated heterocycles. The normalized spacial score (nSPS) is 13.5. The van der Waals surface area contributed by atoms with Crippen LogP contribution < -0.4 is 5.32 Å². The minimum Gasteiger partial charge on any atom is -0.467 e. The van der Waals surface area contributed by atoms with Gasteiger partial charge in [-0.3, -0.25) is 4.79 Å². The van der Waals surface area contributed by atoms with Crippen LogP contribution in [0.3, 0.4) is 0 Å². The predicted molar refractivity (Wildman–Crippen MR) is 69.6 cm³/mol. The summed E-state index contributed by atoms with van der Waals surface area (Å²) in [4.78, 5) is 23.6. The largest absolute Gasteiger partial charge is 0.467 e. The van der Waals surface area contributed by atoms with Crippen molar-refractivity contribution in [1.82, 2.24) is 5.32 Å². The van der Waals surface area contributed by atoms with Gasteiger partial charge in [-0.1, -0.05) is 18.5 Å². The number of hydrogen-bond acceptors (Lipinski definition) is 3. The molecule has 1 aromatic carbocycles. The van der Waals surface area contributed by atoms with E-state index >= 15 is 0 Å². The highest BCUT2D eigenvalue weighted by atomic mass is 35.5. The summed E-state index contributed by atoms with van der Waals surface area (Å²) in [7, 11) is 1.23. The van der Waals surface area contributed by atoms with Crippen LogP contribution in [0.5, 0.6) is 0 Å². The molecule has 19 heavy (non-hydrogen) atoms. The number of carbonyl (C=O) groups excluding carboxylic acids is 2. The summed E-state index contributed by atoms with van der Waals surface area (Å²) in [5.74, 6) is -2.02. The van der Waals surface area contributed by atoms with E-state index in [4.69, 9.17) is 11.6 Å². The maximum absolute atomic E-state index is 13.6. The molecule has 0 saturated carbocycles. The van der Waals surface area contributed by atoms with Gasteiger partial charge in [0.2, 0.25) is 0 Å². The maximum atomic E-state index is 13.6. The first-order valence-electron chi connectivity index (χ1n) is 5.70. The molecule has 6 heteroatoms. The van der Waals surface area contributed by atoms with Crippen molar-refractivity contribution in [1.29, 1.82) is 0 Å². The highest BCUT2D eigenvalue weighted by molar-refractivity contribution is 6.30. The van der Waals surface area contributed by atoms with Crippen molar-refractivity contribution in [3.05, 3.63) is 34.6 Å². The van der Waals surface area contributed by atoms with Crippen LogP contribution in [0.25, 0.3) is 0 Å². The van der Waals surface area contributed by atoms with Crippen LogP contribution in [0.15, 0.2) is 18.2 Å². The van der Waals surface area contributed by atoms with Crippen molar-refractivity contribution >= 4 is 23.5 Å². The SMILES string of the molecule is CC[C@](C)(NC(=O)c1ccc(Cl)cc1F)C(=O)OC. The Bertz CT molecular complexity index is 507. The van der Waals surface area contributed by atoms with Crippen molar-refractivity contribution in [2.45, 2.75) is 25.8 Å². The molecule has 0 radical (unpaired) electrons. The van der Waals surface area contributed by atoms with Crippen LogP contribution in [0.2, 0.25) is 5.02 Å². The molecule has 0 aliphatic carbocycles. The zero-order valence-corrected chi connectivity index (χ0v) is 11.7. The Morgan fingerprint density at radius 2 is 2.11 bits per heavy atom. The topological polar surface area (TPSA) is 55.4 Å². The summed E-state index contributed by atoms with van der Waals surface area (Å²) in [5.41, 5.74) is -1.37. The molecule has 4 nitrogen and oxygen atoms in total. The van der Waals surface area contributed by atoms with Gasteiger partial charge in [-0.2, -0.15) is 0 Å². The van der Waals surface area contributed by atoms with Crippen LogP contribution in [0.1, 0.15) is 30.6 Å². The number of hydrogen-bond donors (Lipinski definition) is 1. The summed E-state index contributed by atoms with van der Waals surface area (Å²) >= 11 is 5.61. The first kappa shape index (κ1) is 15.4. The van der Waals surface area contributed by atoms with E-state index in [0.717, 1.165) is 6.07 Å². The summed E-state index contributed by atoms with van der Waals surface area (Å²) in [6.07, 6.45) is 0.320. The molecule has 0 spiro atoms. The van der Waals surface area contributed by atoms with Crippen LogP contribution in [0.4, 0.5) is 4.39 Å².